The molecule has 0 aliphatic carbocycles. The molecule has 2 aromatic rings. The van der Waals surface area contributed by atoms with Crippen molar-refractivity contribution >= 4 is 11.6 Å². The summed E-state index contributed by atoms with van der Waals surface area (Å²) in [5.74, 6) is 0.0948. The molecule has 1 N–H and O–H groups in total. The Hall–Kier alpha value is -2.33. The Bertz CT molecular complexity index is 714. The maximum atomic E-state index is 12.4. The largest absolute Gasteiger partial charge is 0.366 e. The van der Waals surface area contributed by atoms with Gasteiger partial charge in [0.25, 0.3) is 0 Å². The van der Waals surface area contributed by atoms with Crippen LogP contribution in [0.1, 0.15) is 31.0 Å². The molecule has 1 aliphatic rings. The second kappa shape index (κ2) is 8.37. The molecule has 0 bridgehead atoms. The van der Waals surface area contributed by atoms with Crippen molar-refractivity contribution in [3.63, 3.8) is 0 Å². The van der Waals surface area contributed by atoms with Gasteiger partial charge in [0.1, 0.15) is 0 Å². The maximum absolute atomic E-state index is 12.4. The van der Waals surface area contributed by atoms with E-state index in [0.717, 1.165) is 25.2 Å². The van der Waals surface area contributed by atoms with E-state index >= 15 is 0 Å². The molecule has 4 nitrogen and oxygen atoms in total. The molecule has 0 spiro atoms. The lowest BCUT2D eigenvalue weighted by atomic mass is 10.1. The number of benzene rings is 2. The molecular weight excluding hydrogens is 322 g/mol. The average Bonchev–Trinajstić information content (AvgIpc) is 2.63. The van der Waals surface area contributed by atoms with Crippen LogP contribution in [-0.4, -0.2) is 43.0 Å². The number of hydrogen-bond acceptors (Lipinski definition) is 3. The first-order valence-electron chi connectivity index (χ1n) is 9.43. The smallest absolute Gasteiger partial charge is 0.234 e. The highest BCUT2D eigenvalue weighted by molar-refractivity contribution is 5.78. The number of hydrogen-bond donors (Lipinski definition) is 1. The number of nitrogens with zero attached hydrogens (tertiary/aromatic N) is 2. The van der Waals surface area contributed by atoms with E-state index in [4.69, 9.17) is 0 Å². The normalized spacial score (nSPS) is 19.2. The highest BCUT2D eigenvalue weighted by atomic mass is 16.2. The third-order valence-electron chi connectivity index (χ3n) is 5.12. The van der Waals surface area contributed by atoms with Gasteiger partial charge in [-0.3, -0.25) is 9.69 Å². The van der Waals surface area contributed by atoms with Crippen molar-refractivity contribution in [1.82, 2.24) is 10.2 Å². The number of piperazine rings is 1. The van der Waals surface area contributed by atoms with Gasteiger partial charge in [0.05, 0.1) is 12.6 Å². The Morgan fingerprint density at radius 3 is 2.46 bits per heavy atom. The number of amides is 1. The maximum Gasteiger partial charge on any atom is 0.234 e. The zero-order valence-corrected chi connectivity index (χ0v) is 16.0. The summed E-state index contributed by atoms with van der Waals surface area (Å²) in [6.07, 6.45) is 0. The Morgan fingerprint density at radius 2 is 1.81 bits per heavy atom. The van der Waals surface area contributed by atoms with Gasteiger partial charge in [0, 0.05) is 31.4 Å². The first-order chi connectivity index (χ1) is 12.5. The molecule has 138 valence electrons. The second-order valence-electron chi connectivity index (χ2n) is 7.31. The number of carbonyl (C=O) groups is 1. The molecule has 0 saturated carbocycles. The van der Waals surface area contributed by atoms with Gasteiger partial charge < -0.3 is 10.2 Å². The van der Waals surface area contributed by atoms with Crippen LogP contribution in [0.3, 0.4) is 0 Å². The molecule has 26 heavy (non-hydrogen) atoms. The molecule has 0 unspecified atom stereocenters. The van der Waals surface area contributed by atoms with Crippen LogP contribution in [-0.2, 0) is 4.79 Å². The molecule has 1 amide bonds. The summed E-state index contributed by atoms with van der Waals surface area (Å²) in [4.78, 5) is 17.1. The molecule has 1 fully saturated rings. The second-order valence-corrected chi connectivity index (χ2v) is 7.31. The summed E-state index contributed by atoms with van der Waals surface area (Å²) in [7, 11) is 0. The van der Waals surface area contributed by atoms with Gasteiger partial charge in [-0.05, 0) is 38.5 Å². The number of rotatable bonds is 5. The molecule has 2 aromatic carbocycles. The van der Waals surface area contributed by atoms with E-state index in [0.29, 0.717) is 12.6 Å². The lowest BCUT2D eigenvalue weighted by Gasteiger charge is -2.41. The zero-order valence-electron chi connectivity index (χ0n) is 16.0. The Balaban J connectivity index is 1.51. The van der Waals surface area contributed by atoms with Crippen molar-refractivity contribution in [3.05, 3.63) is 65.7 Å². The number of nitrogens with one attached hydrogen (secondary N) is 1. The number of aryl methyl sites for hydroxylation is 1. The molecule has 1 heterocycles. The van der Waals surface area contributed by atoms with E-state index in [1.54, 1.807) is 0 Å². The molecule has 3 rings (SSSR count). The fraction of sp³-hybridized carbons (Fsp3) is 0.409. The number of carbonyl (C=O) groups excluding carboxylic acids is 1. The van der Waals surface area contributed by atoms with E-state index in [9.17, 15) is 4.79 Å². The van der Waals surface area contributed by atoms with Crippen LogP contribution < -0.4 is 10.2 Å². The number of anilines is 1. The SMILES string of the molecule is Cc1ccc(N2CCN(CC(=O)N[C@@H](C)c3ccccc3)C[C@H]2C)cc1. The van der Waals surface area contributed by atoms with Gasteiger partial charge in [-0.1, -0.05) is 48.0 Å². The van der Waals surface area contributed by atoms with Crippen molar-refractivity contribution in [2.45, 2.75) is 32.9 Å². The van der Waals surface area contributed by atoms with Crippen LogP contribution in [0.25, 0.3) is 0 Å². The molecular formula is C22H29N3O. The van der Waals surface area contributed by atoms with E-state index in [2.05, 4.69) is 53.2 Å². The Morgan fingerprint density at radius 1 is 1.12 bits per heavy atom. The Labute approximate surface area is 156 Å². The predicted molar refractivity (Wildman–Crippen MR) is 107 cm³/mol. The quantitative estimate of drug-likeness (QED) is 0.897. The minimum absolute atomic E-state index is 0.0370. The van der Waals surface area contributed by atoms with E-state index in [1.165, 1.54) is 11.3 Å². The fourth-order valence-electron chi connectivity index (χ4n) is 3.61. The minimum Gasteiger partial charge on any atom is -0.366 e. The lowest BCUT2D eigenvalue weighted by molar-refractivity contribution is -0.123. The first kappa shape index (κ1) is 18.5. The minimum atomic E-state index is 0.0370. The topological polar surface area (TPSA) is 35.6 Å². The van der Waals surface area contributed by atoms with E-state index < -0.39 is 0 Å². The van der Waals surface area contributed by atoms with Crippen molar-refractivity contribution in [1.29, 1.82) is 0 Å². The van der Waals surface area contributed by atoms with Crippen molar-refractivity contribution in [2.24, 2.45) is 0 Å². The molecule has 4 heteroatoms. The van der Waals surface area contributed by atoms with Crippen LogP contribution in [0.4, 0.5) is 5.69 Å². The van der Waals surface area contributed by atoms with Crippen LogP contribution in [0.15, 0.2) is 54.6 Å². The highest BCUT2D eigenvalue weighted by Crippen LogP contribution is 2.21. The highest BCUT2D eigenvalue weighted by Gasteiger charge is 2.25. The zero-order chi connectivity index (χ0) is 18.5. The van der Waals surface area contributed by atoms with Gasteiger partial charge in [0.2, 0.25) is 5.91 Å². The molecule has 0 radical (unpaired) electrons. The monoisotopic (exact) mass is 351 g/mol. The van der Waals surface area contributed by atoms with Crippen molar-refractivity contribution in [3.8, 4) is 0 Å². The third kappa shape index (κ3) is 4.64. The lowest BCUT2D eigenvalue weighted by Crippen LogP contribution is -2.54. The summed E-state index contributed by atoms with van der Waals surface area (Å²) >= 11 is 0. The van der Waals surface area contributed by atoms with Crippen LogP contribution in [0.5, 0.6) is 0 Å². The predicted octanol–water partition coefficient (Wildman–Crippen LogP) is 3.38. The van der Waals surface area contributed by atoms with Crippen molar-refractivity contribution in [2.75, 3.05) is 31.1 Å². The summed E-state index contributed by atoms with van der Waals surface area (Å²) in [5, 5.41) is 3.11. The van der Waals surface area contributed by atoms with Gasteiger partial charge in [0.15, 0.2) is 0 Å². The van der Waals surface area contributed by atoms with Gasteiger partial charge in [-0.15, -0.1) is 0 Å². The average molecular weight is 351 g/mol. The van der Waals surface area contributed by atoms with Crippen LogP contribution >= 0.6 is 0 Å². The summed E-state index contributed by atoms with van der Waals surface area (Å²) in [6, 6.07) is 19.2. The Kier molecular flexibility index (Phi) is 5.94. The fourth-order valence-corrected chi connectivity index (χ4v) is 3.61. The summed E-state index contributed by atoms with van der Waals surface area (Å²) in [6.45, 7) is 9.60. The van der Waals surface area contributed by atoms with E-state index in [1.807, 2.05) is 37.3 Å². The third-order valence-corrected chi connectivity index (χ3v) is 5.12. The van der Waals surface area contributed by atoms with Gasteiger partial charge in [-0.2, -0.15) is 0 Å². The van der Waals surface area contributed by atoms with E-state index in [-0.39, 0.29) is 11.9 Å². The van der Waals surface area contributed by atoms with Crippen LogP contribution in [0.2, 0.25) is 0 Å². The van der Waals surface area contributed by atoms with Gasteiger partial charge in [-0.25, -0.2) is 0 Å². The summed E-state index contributed by atoms with van der Waals surface area (Å²) in [5.41, 5.74) is 3.69. The first-order valence-corrected chi connectivity index (χ1v) is 9.43. The molecule has 0 aromatic heterocycles. The van der Waals surface area contributed by atoms with Gasteiger partial charge >= 0.3 is 0 Å². The standard InChI is InChI=1S/C22H29N3O/c1-17-9-11-21(12-10-17)25-14-13-24(15-18(25)2)16-22(26)23-19(3)20-7-5-4-6-8-20/h4-12,18-19H,13-16H2,1-3H3,(H,23,26)/t18-,19+/m1/s1. The van der Waals surface area contributed by atoms with Crippen LogP contribution in [0, 0.1) is 6.92 Å². The summed E-state index contributed by atoms with van der Waals surface area (Å²) < 4.78 is 0. The molecule has 2 atom stereocenters. The molecule has 1 saturated heterocycles. The van der Waals surface area contributed by atoms with Crippen molar-refractivity contribution < 1.29 is 4.79 Å². The molecule has 1 aliphatic heterocycles.